The van der Waals surface area contributed by atoms with Crippen molar-refractivity contribution in [1.29, 1.82) is 0 Å². The Morgan fingerprint density at radius 3 is 2.55 bits per heavy atom. The number of methoxy groups -OCH3 is 2. The van der Waals surface area contributed by atoms with E-state index in [0.29, 0.717) is 43.1 Å². The minimum absolute atomic E-state index is 0.211. The molecule has 1 amide bonds. The van der Waals surface area contributed by atoms with E-state index in [0.717, 1.165) is 16.7 Å². The molecule has 0 aliphatic carbocycles. The van der Waals surface area contributed by atoms with Gasteiger partial charge in [-0.05, 0) is 71.9 Å². The summed E-state index contributed by atoms with van der Waals surface area (Å²) in [6, 6.07) is 21.7. The van der Waals surface area contributed by atoms with E-state index in [1.165, 1.54) is 16.7 Å². The molecule has 214 valence electrons. The topological polar surface area (TPSA) is 85.9 Å². The first-order chi connectivity index (χ1) is 20.4. The number of furan rings is 1. The second kappa shape index (κ2) is 13.7. The predicted octanol–water partition coefficient (Wildman–Crippen LogP) is 7.69. The Hall–Kier alpha value is -4.18. The Morgan fingerprint density at radius 2 is 1.79 bits per heavy atom. The molecule has 0 unspecified atom stereocenters. The van der Waals surface area contributed by atoms with Gasteiger partial charge in [-0.25, -0.2) is 0 Å². The van der Waals surface area contributed by atoms with Crippen molar-refractivity contribution >= 4 is 58.3 Å². The number of carbonyl (C=O) groups excluding carboxylic acids is 1. The molecule has 0 spiro atoms. The number of para-hydroxylation sites is 1. The summed E-state index contributed by atoms with van der Waals surface area (Å²) in [6.07, 6.45) is 4.93. The van der Waals surface area contributed by atoms with Crippen molar-refractivity contribution < 1.29 is 23.4 Å². The van der Waals surface area contributed by atoms with Gasteiger partial charge < -0.3 is 18.6 Å². The van der Waals surface area contributed by atoms with Crippen LogP contribution in [0.2, 0.25) is 10.0 Å². The van der Waals surface area contributed by atoms with E-state index in [1.807, 2.05) is 36.4 Å². The molecule has 1 aromatic heterocycles. The number of carbonyl (C=O) groups is 1. The van der Waals surface area contributed by atoms with Crippen molar-refractivity contribution in [3.8, 4) is 17.2 Å². The van der Waals surface area contributed by atoms with E-state index in [2.05, 4.69) is 10.2 Å². The summed E-state index contributed by atoms with van der Waals surface area (Å²) in [6.45, 7) is 0.445. The van der Waals surface area contributed by atoms with Crippen LogP contribution in [0, 0.1) is 0 Å². The first-order valence-electron chi connectivity index (χ1n) is 12.7. The average molecular weight is 623 g/mol. The van der Waals surface area contributed by atoms with Crippen LogP contribution in [0.25, 0.3) is 6.08 Å². The molecule has 0 saturated carbocycles. The SMILES string of the molecule is COc1ccccc1/C=N/N=C1\S/C(=C\c2ccc(OCc3ccc(Cl)cc3Cl)c(OC)c2)C(=O)N1Cc1ccco1. The van der Waals surface area contributed by atoms with E-state index in [9.17, 15) is 4.79 Å². The van der Waals surface area contributed by atoms with Crippen LogP contribution in [0.15, 0.2) is 98.6 Å². The van der Waals surface area contributed by atoms with E-state index >= 15 is 0 Å². The molecule has 2 heterocycles. The van der Waals surface area contributed by atoms with Crippen molar-refractivity contribution in [3.63, 3.8) is 0 Å². The second-order valence-corrected chi connectivity index (χ2v) is 10.7. The maximum Gasteiger partial charge on any atom is 0.267 e. The molecule has 0 bridgehead atoms. The molecular formula is C31H25Cl2N3O5S. The molecule has 1 aliphatic rings. The lowest BCUT2D eigenvalue weighted by atomic mass is 10.1. The molecule has 0 atom stereocenters. The molecule has 0 radical (unpaired) electrons. The largest absolute Gasteiger partial charge is 0.496 e. The maximum atomic E-state index is 13.5. The Morgan fingerprint density at radius 1 is 0.952 bits per heavy atom. The van der Waals surface area contributed by atoms with E-state index in [-0.39, 0.29) is 19.1 Å². The Bertz CT molecular complexity index is 1670. The lowest BCUT2D eigenvalue weighted by Gasteiger charge is -2.13. The highest BCUT2D eigenvalue weighted by Gasteiger charge is 2.34. The molecule has 0 N–H and O–H groups in total. The van der Waals surface area contributed by atoms with Crippen LogP contribution in [-0.2, 0) is 17.9 Å². The van der Waals surface area contributed by atoms with E-state index in [4.69, 9.17) is 41.8 Å². The highest BCUT2D eigenvalue weighted by Crippen LogP contribution is 2.36. The molecule has 3 aromatic carbocycles. The van der Waals surface area contributed by atoms with Crippen LogP contribution in [0.5, 0.6) is 17.2 Å². The summed E-state index contributed by atoms with van der Waals surface area (Å²) in [4.78, 5) is 15.5. The lowest BCUT2D eigenvalue weighted by Crippen LogP contribution is -2.28. The number of rotatable bonds is 10. The molecule has 11 heteroatoms. The third-order valence-electron chi connectivity index (χ3n) is 6.14. The Kier molecular flexibility index (Phi) is 9.53. The van der Waals surface area contributed by atoms with Crippen molar-refractivity contribution in [3.05, 3.63) is 116 Å². The highest BCUT2D eigenvalue weighted by atomic mass is 35.5. The Labute approximate surface area is 257 Å². The molecule has 5 rings (SSSR count). The maximum absolute atomic E-state index is 13.5. The van der Waals surface area contributed by atoms with Gasteiger partial charge in [-0.3, -0.25) is 9.69 Å². The van der Waals surface area contributed by atoms with Gasteiger partial charge in [-0.1, -0.05) is 47.5 Å². The van der Waals surface area contributed by atoms with Gasteiger partial charge in [0.05, 0.1) is 38.1 Å². The zero-order valence-electron chi connectivity index (χ0n) is 22.6. The van der Waals surface area contributed by atoms with Crippen molar-refractivity contribution in [2.75, 3.05) is 14.2 Å². The molecular weight excluding hydrogens is 597 g/mol. The third-order valence-corrected chi connectivity index (χ3v) is 7.73. The van der Waals surface area contributed by atoms with Crippen LogP contribution < -0.4 is 14.2 Å². The predicted molar refractivity (Wildman–Crippen MR) is 167 cm³/mol. The molecule has 1 saturated heterocycles. The van der Waals surface area contributed by atoms with Crippen LogP contribution in [0.3, 0.4) is 0 Å². The highest BCUT2D eigenvalue weighted by molar-refractivity contribution is 8.18. The fourth-order valence-electron chi connectivity index (χ4n) is 4.03. The number of hydrogen-bond donors (Lipinski definition) is 0. The second-order valence-electron chi connectivity index (χ2n) is 8.89. The number of ether oxygens (including phenoxy) is 3. The third kappa shape index (κ3) is 6.99. The fourth-order valence-corrected chi connectivity index (χ4v) is 5.43. The molecule has 1 fully saturated rings. The fraction of sp³-hybridized carbons (Fsp3) is 0.129. The number of halogens is 2. The number of benzene rings is 3. The van der Waals surface area contributed by atoms with Gasteiger partial charge in [0, 0.05) is 21.2 Å². The number of amidine groups is 1. The zero-order valence-corrected chi connectivity index (χ0v) is 24.9. The van der Waals surface area contributed by atoms with Crippen molar-refractivity contribution in [2.24, 2.45) is 10.2 Å². The van der Waals surface area contributed by atoms with Crippen LogP contribution in [-0.4, -0.2) is 36.4 Å². The average Bonchev–Trinajstić information content (AvgIpc) is 3.61. The summed E-state index contributed by atoms with van der Waals surface area (Å²) in [5, 5.41) is 10.1. The quantitative estimate of drug-likeness (QED) is 0.102. The van der Waals surface area contributed by atoms with Gasteiger partial charge in [0.25, 0.3) is 5.91 Å². The number of hydrogen-bond acceptors (Lipinski definition) is 8. The summed E-state index contributed by atoms with van der Waals surface area (Å²) < 4.78 is 22.4. The Balaban J connectivity index is 1.38. The standard InChI is InChI=1S/C31H25Cl2N3O5S/c1-38-26-8-4-3-6-21(26)17-34-35-31-36(18-24-7-5-13-40-24)30(37)29(42-31)15-20-9-12-27(28(14-20)39-2)41-19-22-10-11-23(32)16-25(22)33/h3-17H,18-19H2,1-2H3/b29-15-,34-17+,35-31-. The monoisotopic (exact) mass is 621 g/mol. The van der Waals surface area contributed by atoms with Crippen molar-refractivity contribution in [2.45, 2.75) is 13.2 Å². The molecule has 1 aliphatic heterocycles. The smallest absolute Gasteiger partial charge is 0.267 e. The van der Waals surface area contributed by atoms with Gasteiger partial charge in [-0.2, -0.15) is 5.10 Å². The molecule has 8 nitrogen and oxygen atoms in total. The minimum atomic E-state index is -0.223. The van der Waals surface area contributed by atoms with Crippen LogP contribution in [0.1, 0.15) is 22.5 Å². The number of amides is 1. The van der Waals surface area contributed by atoms with Crippen LogP contribution in [0.4, 0.5) is 0 Å². The summed E-state index contributed by atoms with van der Waals surface area (Å²) >= 11 is 13.5. The normalized spacial score (nSPS) is 15.2. The van der Waals surface area contributed by atoms with Gasteiger partial charge >= 0.3 is 0 Å². The van der Waals surface area contributed by atoms with Gasteiger partial charge in [0.1, 0.15) is 18.1 Å². The summed E-state index contributed by atoms with van der Waals surface area (Å²) in [7, 11) is 3.15. The zero-order chi connectivity index (χ0) is 29.5. The van der Waals surface area contributed by atoms with Gasteiger partial charge in [0.2, 0.25) is 0 Å². The van der Waals surface area contributed by atoms with Gasteiger partial charge in [-0.15, -0.1) is 5.10 Å². The van der Waals surface area contributed by atoms with Crippen molar-refractivity contribution in [1.82, 2.24) is 4.90 Å². The summed E-state index contributed by atoms with van der Waals surface area (Å²) in [5.74, 6) is 2.10. The molecule has 42 heavy (non-hydrogen) atoms. The summed E-state index contributed by atoms with van der Waals surface area (Å²) in [5.41, 5.74) is 2.30. The lowest BCUT2D eigenvalue weighted by molar-refractivity contribution is -0.122. The van der Waals surface area contributed by atoms with E-state index in [1.54, 1.807) is 69.2 Å². The number of thioether (sulfide) groups is 1. The van der Waals surface area contributed by atoms with E-state index < -0.39 is 0 Å². The first kappa shape index (κ1) is 29.3. The van der Waals surface area contributed by atoms with Gasteiger partial charge in [0.15, 0.2) is 16.7 Å². The van der Waals surface area contributed by atoms with Crippen LogP contribution >= 0.6 is 35.0 Å². The number of nitrogens with zero attached hydrogens (tertiary/aromatic N) is 3. The minimum Gasteiger partial charge on any atom is -0.496 e. The first-order valence-corrected chi connectivity index (χ1v) is 14.2. The molecule has 4 aromatic rings.